The van der Waals surface area contributed by atoms with E-state index in [-0.39, 0.29) is 19.8 Å². The molecule has 0 radical (unpaired) electrons. The fourth-order valence-corrected chi connectivity index (χ4v) is 0.862. The Morgan fingerprint density at radius 3 is 1.67 bits per heavy atom. The Morgan fingerprint density at radius 2 is 1.33 bits per heavy atom. The predicted molar refractivity (Wildman–Crippen MR) is 61.3 cm³/mol. The maximum absolute atomic E-state index is 10.9. The first-order valence-corrected chi connectivity index (χ1v) is 5.00. The summed E-state index contributed by atoms with van der Waals surface area (Å²) >= 11 is 0. The molecule has 18 heavy (non-hydrogen) atoms. The number of hydrogen-bond donors (Lipinski definition) is 1. The molecule has 0 aromatic heterocycles. The zero-order valence-corrected chi connectivity index (χ0v) is 9.79. The molecule has 0 aliphatic rings. The molecule has 1 amide bonds. The monoisotopic (exact) mass is 257 g/mol. The molecule has 0 spiro atoms. The zero-order valence-electron chi connectivity index (χ0n) is 9.79. The second-order valence-corrected chi connectivity index (χ2v) is 3.16. The van der Waals surface area contributed by atoms with E-state index in [1.54, 1.807) is 0 Å². The van der Waals surface area contributed by atoms with Crippen molar-refractivity contribution in [3.05, 3.63) is 25.3 Å². The van der Waals surface area contributed by atoms with E-state index in [0.717, 1.165) is 12.2 Å². The van der Waals surface area contributed by atoms with Gasteiger partial charge in [-0.05, 0) is 0 Å². The number of carbonyl (C=O) groups excluding carboxylic acids is 3. The number of hydrogen-bond acceptors (Lipinski definition) is 6. The van der Waals surface area contributed by atoms with Crippen LogP contribution in [0.2, 0.25) is 0 Å². The van der Waals surface area contributed by atoms with Crippen LogP contribution in [-0.2, 0) is 23.8 Å². The fraction of sp³-hybridized carbons (Fsp3) is 0.364. The largest absolute Gasteiger partial charge is 0.462 e. The van der Waals surface area contributed by atoms with Gasteiger partial charge in [0, 0.05) is 12.2 Å². The van der Waals surface area contributed by atoms with Gasteiger partial charge in [0.2, 0.25) is 0 Å². The van der Waals surface area contributed by atoms with Gasteiger partial charge in [0.25, 0.3) is 0 Å². The summed E-state index contributed by atoms with van der Waals surface area (Å²) in [5.41, 5.74) is 4.80. The van der Waals surface area contributed by atoms with E-state index in [1.807, 2.05) is 0 Å². The van der Waals surface area contributed by atoms with Crippen LogP contribution in [0.25, 0.3) is 0 Å². The van der Waals surface area contributed by atoms with Crippen molar-refractivity contribution < 1.29 is 28.6 Å². The van der Waals surface area contributed by atoms with Gasteiger partial charge in [0.1, 0.15) is 19.8 Å². The molecular formula is C11H15NO6. The second kappa shape index (κ2) is 8.80. The molecule has 0 rings (SSSR count). The smallest absolute Gasteiger partial charge is 0.404 e. The predicted octanol–water partition coefficient (Wildman–Crippen LogP) is 0.156. The van der Waals surface area contributed by atoms with E-state index in [0.29, 0.717) is 0 Å². The van der Waals surface area contributed by atoms with Gasteiger partial charge >= 0.3 is 18.0 Å². The van der Waals surface area contributed by atoms with Crippen molar-refractivity contribution in [3.8, 4) is 0 Å². The molecule has 0 aliphatic carbocycles. The topological polar surface area (TPSA) is 105 Å². The first kappa shape index (κ1) is 15.7. The second-order valence-electron chi connectivity index (χ2n) is 3.16. The van der Waals surface area contributed by atoms with Gasteiger partial charge in [0.05, 0.1) is 5.92 Å². The highest BCUT2D eigenvalue weighted by Crippen LogP contribution is 2.02. The summed E-state index contributed by atoms with van der Waals surface area (Å²) in [7, 11) is 0. The molecule has 0 atom stereocenters. The molecule has 0 aromatic rings. The van der Waals surface area contributed by atoms with Crippen molar-refractivity contribution in [3.63, 3.8) is 0 Å². The van der Waals surface area contributed by atoms with Gasteiger partial charge in [-0.3, -0.25) is 0 Å². The Balaban J connectivity index is 4.18. The Labute approximate surface area is 104 Å². The summed E-state index contributed by atoms with van der Waals surface area (Å²) in [6.45, 7) is 6.12. The third kappa shape index (κ3) is 7.91. The molecule has 0 fully saturated rings. The normalized spacial score (nSPS) is 9.39. The minimum absolute atomic E-state index is 0.0947. The van der Waals surface area contributed by atoms with Gasteiger partial charge in [-0.15, -0.1) is 0 Å². The van der Waals surface area contributed by atoms with E-state index < -0.39 is 23.9 Å². The van der Waals surface area contributed by atoms with Crippen LogP contribution < -0.4 is 5.73 Å². The van der Waals surface area contributed by atoms with Crippen molar-refractivity contribution in [2.45, 2.75) is 0 Å². The number of carbonyl (C=O) groups is 3. The zero-order chi connectivity index (χ0) is 14.0. The number of primary amides is 1. The van der Waals surface area contributed by atoms with E-state index in [2.05, 4.69) is 17.9 Å². The van der Waals surface area contributed by atoms with E-state index >= 15 is 0 Å². The standard InChI is InChI=1S/C11H15NO6/c1-3-9(13)16-5-8(7-18-11(12)15)6-17-10(14)4-2/h3-4,8H,1-2,5-7H2,(H2,12,15). The SMILES string of the molecule is C=CC(=O)OCC(COC(N)=O)COC(=O)C=C. The van der Waals surface area contributed by atoms with E-state index in [4.69, 9.17) is 15.2 Å². The number of amides is 1. The Hall–Kier alpha value is -2.31. The molecule has 0 bridgehead atoms. The average Bonchev–Trinajstić information content (AvgIpc) is 2.36. The van der Waals surface area contributed by atoms with Gasteiger partial charge in [-0.1, -0.05) is 13.2 Å². The molecule has 100 valence electrons. The summed E-state index contributed by atoms with van der Waals surface area (Å²) in [5.74, 6) is -1.77. The molecule has 2 N–H and O–H groups in total. The molecule has 0 saturated heterocycles. The number of esters is 2. The summed E-state index contributed by atoms with van der Waals surface area (Å²) < 4.78 is 14.0. The summed E-state index contributed by atoms with van der Waals surface area (Å²) in [6, 6.07) is 0. The van der Waals surface area contributed by atoms with Gasteiger partial charge in [-0.2, -0.15) is 0 Å². The Kier molecular flexibility index (Phi) is 7.67. The van der Waals surface area contributed by atoms with Gasteiger partial charge in [0.15, 0.2) is 0 Å². The van der Waals surface area contributed by atoms with Crippen LogP contribution >= 0.6 is 0 Å². The third-order valence-corrected chi connectivity index (χ3v) is 1.72. The van der Waals surface area contributed by atoms with Gasteiger partial charge < -0.3 is 19.9 Å². The van der Waals surface area contributed by atoms with E-state index in [9.17, 15) is 14.4 Å². The lowest BCUT2D eigenvalue weighted by molar-refractivity contribution is -0.143. The molecule has 0 saturated carbocycles. The molecule has 0 aliphatic heterocycles. The van der Waals surface area contributed by atoms with Gasteiger partial charge in [-0.25, -0.2) is 14.4 Å². The maximum atomic E-state index is 10.9. The highest BCUT2D eigenvalue weighted by molar-refractivity contribution is 5.81. The summed E-state index contributed by atoms with van der Waals surface area (Å²) in [6.07, 6.45) is 1.01. The number of nitrogens with two attached hydrogens (primary N) is 1. The molecule has 0 unspecified atom stereocenters. The number of ether oxygens (including phenoxy) is 3. The molecule has 7 nitrogen and oxygen atoms in total. The Bertz CT molecular complexity index is 314. The first-order chi connectivity index (χ1) is 8.49. The lowest BCUT2D eigenvalue weighted by atomic mass is 10.2. The fourth-order valence-electron chi connectivity index (χ4n) is 0.862. The van der Waals surface area contributed by atoms with Crippen LogP contribution in [0.4, 0.5) is 4.79 Å². The van der Waals surface area contributed by atoms with Crippen LogP contribution in [0.15, 0.2) is 25.3 Å². The van der Waals surface area contributed by atoms with Crippen molar-refractivity contribution in [2.24, 2.45) is 11.7 Å². The van der Waals surface area contributed by atoms with Crippen molar-refractivity contribution in [1.29, 1.82) is 0 Å². The highest BCUT2D eigenvalue weighted by atomic mass is 16.6. The first-order valence-electron chi connectivity index (χ1n) is 5.00. The van der Waals surface area contributed by atoms with Crippen molar-refractivity contribution >= 4 is 18.0 Å². The lowest BCUT2D eigenvalue weighted by Gasteiger charge is -2.15. The minimum atomic E-state index is -0.968. The third-order valence-electron chi connectivity index (χ3n) is 1.72. The summed E-state index contributed by atoms with van der Waals surface area (Å²) in [5, 5.41) is 0. The molecule has 0 aromatic carbocycles. The van der Waals surface area contributed by atoms with Crippen LogP contribution in [0.3, 0.4) is 0 Å². The maximum Gasteiger partial charge on any atom is 0.404 e. The van der Waals surface area contributed by atoms with Crippen molar-refractivity contribution in [2.75, 3.05) is 19.8 Å². The average molecular weight is 257 g/mol. The highest BCUT2D eigenvalue weighted by Gasteiger charge is 2.15. The number of rotatable bonds is 8. The molecule has 7 heteroatoms. The van der Waals surface area contributed by atoms with Crippen LogP contribution in [0, 0.1) is 5.92 Å². The van der Waals surface area contributed by atoms with Crippen molar-refractivity contribution in [1.82, 2.24) is 0 Å². The summed E-state index contributed by atoms with van der Waals surface area (Å²) in [4.78, 5) is 32.1. The molecular weight excluding hydrogens is 242 g/mol. The Morgan fingerprint density at radius 1 is 0.944 bits per heavy atom. The quantitative estimate of drug-likeness (QED) is 0.377. The van der Waals surface area contributed by atoms with Crippen LogP contribution in [0.5, 0.6) is 0 Å². The van der Waals surface area contributed by atoms with Crippen LogP contribution in [-0.4, -0.2) is 37.9 Å². The van der Waals surface area contributed by atoms with Crippen LogP contribution in [0.1, 0.15) is 0 Å². The molecule has 0 heterocycles. The minimum Gasteiger partial charge on any atom is -0.462 e. The lowest BCUT2D eigenvalue weighted by Crippen LogP contribution is -2.27. The van der Waals surface area contributed by atoms with E-state index in [1.165, 1.54) is 0 Å².